The average molecular weight is 667 g/mol. The van der Waals surface area contributed by atoms with Gasteiger partial charge in [0.25, 0.3) is 19.7 Å². The second-order valence-electron chi connectivity index (χ2n) is 10.8. The second-order valence-corrected chi connectivity index (χ2v) is 14.8. The minimum absolute atomic E-state index is 0.172. The monoisotopic (exact) mass is 666 g/mol. The fourth-order valence-corrected chi connectivity index (χ4v) is 7.74. The van der Waals surface area contributed by atoms with Gasteiger partial charge >= 0.3 is 4.38 Å². The first-order chi connectivity index (χ1) is 21.7. The summed E-state index contributed by atoms with van der Waals surface area (Å²) in [7, 11) is -9.65. The minimum atomic E-state index is -4.82. The van der Waals surface area contributed by atoms with E-state index in [0.29, 0.717) is 37.9 Å². The van der Waals surface area contributed by atoms with E-state index in [1.807, 2.05) is 0 Å². The molecule has 0 aromatic heterocycles. The highest BCUT2D eigenvalue weighted by atomic mass is 32.3. The van der Waals surface area contributed by atoms with Gasteiger partial charge in [-0.05, 0) is 49.9 Å². The molecule has 45 heavy (non-hydrogen) atoms. The summed E-state index contributed by atoms with van der Waals surface area (Å²) in [5.74, 6) is 1.05. The molecule has 2 rings (SSSR count). The van der Waals surface area contributed by atoms with Gasteiger partial charge in [0.05, 0.1) is 36.2 Å². The molecular formula is C33H50N2O8S2. The van der Waals surface area contributed by atoms with Crippen molar-refractivity contribution in [3.05, 3.63) is 41.9 Å². The maximum Gasteiger partial charge on any atom is 0.504 e. The Labute approximate surface area is 269 Å². The molecule has 0 atom stereocenters. The van der Waals surface area contributed by atoms with E-state index in [-0.39, 0.29) is 11.5 Å². The molecule has 0 aliphatic carbocycles. The second kappa shape index (κ2) is 20.1. The Morgan fingerprint density at radius 2 is 0.844 bits per heavy atom. The number of rotatable bonds is 22. The molecule has 0 unspecified atom stereocenters. The molecule has 0 amide bonds. The van der Waals surface area contributed by atoms with E-state index in [1.54, 1.807) is 0 Å². The third-order valence-electron chi connectivity index (χ3n) is 7.01. The number of unbranched alkanes of at least 4 members (excludes halogenated alkanes) is 8. The quantitative estimate of drug-likeness (QED) is 0.0407. The molecule has 10 nitrogen and oxygen atoms in total. The van der Waals surface area contributed by atoms with Crippen LogP contribution in [0.2, 0.25) is 0 Å². The first kappa shape index (κ1) is 38.1. The summed E-state index contributed by atoms with van der Waals surface area (Å²) in [6, 6.07) is 7.74. The van der Waals surface area contributed by atoms with Gasteiger partial charge in [0.2, 0.25) is 0 Å². The van der Waals surface area contributed by atoms with Crippen LogP contribution in [0.3, 0.4) is 0 Å². The fourth-order valence-electron chi connectivity index (χ4n) is 4.37. The molecule has 0 fully saturated rings. The van der Waals surface area contributed by atoms with E-state index in [9.17, 15) is 22.4 Å². The lowest BCUT2D eigenvalue weighted by atomic mass is 10.2. The lowest BCUT2D eigenvalue weighted by Gasteiger charge is -2.15. The molecular weight excluding hydrogens is 617 g/mol. The van der Waals surface area contributed by atoms with Crippen LogP contribution in [0.15, 0.2) is 46.2 Å². The summed E-state index contributed by atoms with van der Waals surface area (Å²) >= 11 is 0. The van der Waals surface area contributed by atoms with E-state index in [4.69, 9.17) is 18.9 Å². The molecule has 0 saturated heterocycles. The fraction of sp³-hybridized carbons (Fsp3) is 0.606. The van der Waals surface area contributed by atoms with Gasteiger partial charge in [-0.1, -0.05) is 79.1 Å². The number of hydrogen-bond donors (Lipinski definition) is 0. The molecule has 0 spiro atoms. The predicted molar refractivity (Wildman–Crippen MR) is 176 cm³/mol. The summed E-state index contributed by atoms with van der Waals surface area (Å²) in [6.07, 6.45) is 10.9. The highest BCUT2D eigenvalue weighted by molar-refractivity contribution is 8.31. The Bertz CT molecular complexity index is 1350. The Kier molecular flexibility index (Phi) is 17.0. The molecule has 2 aromatic carbocycles. The van der Waals surface area contributed by atoms with E-state index in [2.05, 4.69) is 32.5 Å². The SMILES string of the molecule is CCCCCOc1ccc(S(=O)(=O)C(=[N+]=[N-])S(=O)(=O)c2ccc(OCCCCC)c(OCCCCC)c2)cc1OCCCCC. The van der Waals surface area contributed by atoms with Crippen LogP contribution < -0.4 is 18.9 Å². The molecule has 2 aromatic rings. The van der Waals surface area contributed by atoms with E-state index in [1.165, 1.54) is 36.4 Å². The maximum atomic E-state index is 13.7. The van der Waals surface area contributed by atoms with Crippen molar-refractivity contribution < 1.29 is 40.6 Å². The van der Waals surface area contributed by atoms with Crippen molar-refractivity contribution in [3.63, 3.8) is 0 Å². The molecule has 0 aliphatic heterocycles. The Morgan fingerprint density at radius 3 is 1.13 bits per heavy atom. The highest BCUT2D eigenvalue weighted by Crippen LogP contribution is 2.35. The van der Waals surface area contributed by atoms with Gasteiger partial charge in [-0.3, -0.25) is 0 Å². The van der Waals surface area contributed by atoms with Crippen LogP contribution in [0.4, 0.5) is 0 Å². The molecule has 0 aliphatic rings. The number of ether oxygens (including phenoxy) is 4. The Morgan fingerprint density at radius 1 is 0.533 bits per heavy atom. The Hall–Kier alpha value is -3.08. The van der Waals surface area contributed by atoms with Crippen LogP contribution in [0, 0.1) is 0 Å². The number of benzene rings is 2. The van der Waals surface area contributed by atoms with Gasteiger partial charge in [0, 0.05) is 12.1 Å². The molecule has 12 heteroatoms. The van der Waals surface area contributed by atoms with Gasteiger partial charge in [-0.15, -0.1) is 4.79 Å². The lowest BCUT2D eigenvalue weighted by molar-refractivity contribution is 0.00380. The van der Waals surface area contributed by atoms with Crippen molar-refractivity contribution in [2.75, 3.05) is 26.4 Å². The molecule has 0 radical (unpaired) electrons. The third-order valence-corrected chi connectivity index (χ3v) is 11.2. The van der Waals surface area contributed by atoms with Crippen LogP contribution in [0.5, 0.6) is 23.0 Å². The summed E-state index contributed by atoms with van der Waals surface area (Å²) in [5, 5.41) is 0. The first-order valence-electron chi connectivity index (χ1n) is 16.2. The van der Waals surface area contributed by atoms with Crippen molar-refractivity contribution in [2.45, 2.75) is 115 Å². The number of hydrogen-bond acceptors (Lipinski definition) is 8. The smallest absolute Gasteiger partial charge is 0.490 e. The molecule has 252 valence electrons. The predicted octanol–water partition coefficient (Wildman–Crippen LogP) is 7.80. The van der Waals surface area contributed by atoms with Crippen molar-refractivity contribution in [2.24, 2.45) is 0 Å². The van der Waals surface area contributed by atoms with Crippen molar-refractivity contribution >= 4 is 24.1 Å². The van der Waals surface area contributed by atoms with Gasteiger partial charge < -0.3 is 24.5 Å². The van der Waals surface area contributed by atoms with Crippen LogP contribution in [-0.2, 0) is 19.7 Å². The van der Waals surface area contributed by atoms with Crippen LogP contribution in [0.25, 0.3) is 5.53 Å². The van der Waals surface area contributed by atoms with Crippen LogP contribution >= 0.6 is 0 Å². The zero-order valence-corrected chi connectivity index (χ0v) is 28.9. The van der Waals surface area contributed by atoms with Crippen molar-refractivity contribution in [1.82, 2.24) is 0 Å². The zero-order valence-electron chi connectivity index (χ0n) is 27.3. The van der Waals surface area contributed by atoms with Gasteiger partial charge in [-0.25, -0.2) is 16.8 Å². The zero-order chi connectivity index (χ0) is 33.1. The highest BCUT2D eigenvalue weighted by Gasteiger charge is 2.44. The summed E-state index contributed by atoms with van der Waals surface area (Å²) in [5.41, 5.74) is 9.82. The lowest BCUT2D eigenvalue weighted by Crippen LogP contribution is -2.26. The van der Waals surface area contributed by atoms with Gasteiger partial charge in [-0.2, -0.15) is 0 Å². The minimum Gasteiger partial charge on any atom is -0.490 e. The Balaban J connectivity index is 2.45. The van der Waals surface area contributed by atoms with E-state index < -0.39 is 33.8 Å². The molecule has 0 saturated carbocycles. The normalized spacial score (nSPS) is 11.6. The number of sulfone groups is 2. The maximum absolute atomic E-state index is 13.7. The topological polar surface area (TPSA) is 142 Å². The summed E-state index contributed by atoms with van der Waals surface area (Å²) in [6.45, 7) is 9.77. The van der Waals surface area contributed by atoms with Crippen molar-refractivity contribution in [1.29, 1.82) is 0 Å². The third kappa shape index (κ3) is 11.7. The van der Waals surface area contributed by atoms with Crippen LogP contribution in [0.1, 0.15) is 105 Å². The van der Waals surface area contributed by atoms with E-state index >= 15 is 0 Å². The largest absolute Gasteiger partial charge is 0.504 e. The van der Waals surface area contributed by atoms with Gasteiger partial charge in [0.15, 0.2) is 23.0 Å². The van der Waals surface area contributed by atoms with Crippen LogP contribution in [-0.4, -0.2) is 52.4 Å². The number of nitrogens with zero attached hydrogens (tertiary/aromatic N) is 2. The van der Waals surface area contributed by atoms with E-state index in [0.717, 1.165) is 77.0 Å². The summed E-state index contributed by atoms with van der Waals surface area (Å²) < 4.78 is 76.9. The summed E-state index contributed by atoms with van der Waals surface area (Å²) in [4.78, 5) is 1.99. The standard InChI is InChI=1S/C33H50N2O8S2/c1-5-9-13-21-40-29-19-17-27(25-31(29)42-23-15-11-7-3)44(36,37)33(35-34)45(38,39)28-18-20-30(41-22-14-10-6-2)32(26-28)43-24-16-12-8-4/h17-20,25-26H,5-16,21-24H2,1-4H3. The van der Waals surface area contributed by atoms with Crippen molar-refractivity contribution in [3.8, 4) is 23.0 Å². The molecule has 0 heterocycles. The first-order valence-corrected chi connectivity index (χ1v) is 19.1. The van der Waals surface area contributed by atoms with Gasteiger partial charge in [0.1, 0.15) is 0 Å². The average Bonchev–Trinajstić information content (AvgIpc) is 3.02. The molecule has 0 N–H and O–H groups in total. The molecule has 0 bridgehead atoms.